The van der Waals surface area contributed by atoms with Gasteiger partial charge in [-0.25, -0.2) is 5.84 Å². The van der Waals surface area contributed by atoms with Crippen LogP contribution in [0.3, 0.4) is 0 Å². The van der Waals surface area contributed by atoms with Gasteiger partial charge in [0, 0.05) is 23.9 Å². The molecule has 1 aliphatic carbocycles. The van der Waals surface area contributed by atoms with Gasteiger partial charge < -0.3 is 11.5 Å². The number of hydrogen-bond acceptors (Lipinski definition) is 4. The van der Waals surface area contributed by atoms with Crippen LogP contribution < -0.4 is 22.3 Å². The zero-order chi connectivity index (χ0) is 12.4. The third-order valence-electron chi connectivity index (χ3n) is 3.05. The Kier molecular flexibility index (Phi) is 3.36. The predicted octanol–water partition coefficient (Wildman–Crippen LogP) is 1.60. The lowest BCUT2D eigenvalue weighted by Crippen LogP contribution is -2.26. The molecular weight excluding hydrogens is 212 g/mol. The second-order valence-corrected chi connectivity index (χ2v) is 4.69. The van der Waals surface area contributed by atoms with E-state index < -0.39 is 0 Å². The van der Waals surface area contributed by atoms with Crippen LogP contribution in [0.1, 0.15) is 31.4 Å². The molecule has 0 spiro atoms. The molecule has 1 saturated carbocycles. The first-order chi connectivity index (χ1) is 8.08. The maximum Gasteiger partial charge on any atom is 0.0569 e. The highest BCUT2D eigenvalue weighted by molar-refractivity contribution is 5.49. The van der Waals surface area contributed by atoms with Crippen molar-refractivity contribution in [2.45, 2.75) is 25.8 Å². The Hall–Kier alpha value is -1.52. The lowest BCUT2D eigenvalue weighted by molar-refractivity contribution is 0.818. The highest BCUT2D eigenvalue weighted by atomic mass is 15.4. The molecule has 1 aromatic rings. The van der Waals surface area contributed by atoms with Crippen molar-refractivity contribution < 1.29 is 0 Å². The molecule has 1 fully saturated rings. The largest absolute Gasteiger partial charge is 0.401 e. The van der Waals surface area contributed by atoms with Gasteiger partial charge in [-0.2, -0.15) is 0 Å². The van der Waals surface area contributed by atoms with E-state index in [-0.39, 0.29) is 6.04 Å². The fourth-order valence-corrected chi connectivity index (χ4v) is 1.71. The molecule has 0 aromatic heterocycles. The quantitative estimate of drug-likeness (QED) is 0.544. The van der Waals surface area contributed by atoms with E-state index in [0.29, 0.717) is 5.92 Å². The zero-order valence-electron chi connectivity index (χ0n) is 10.1. The van der Waals surface area contributed by atoms with Gasteiger partial charge in [0.1, 0.15) is 0 Å². The van der Waals surface area contributed by atoms with Gasteiger partial charge >= 0.3 is 0 Å². The Balaban J connectivity index is 2.08. The normalized spacial score (nSPS) is 17.9. The second kappa shape index (κ2) is 4.77. The van der Waals surface area contributed by atoms with E-state index in [4.69, 9.17) is 17.3 Å². The van der Waals surface area contributed by atoms with Crippen LogP contribution in [-0.2, 0) is 0 Å². The highest BCUT2D eigenvalue weighted by Crippen LogP contribution is 2.33. The maximum atomic E-state index is 5.93. The van der Waals surface area contributed by atoms with E-state index >= 15 is 0 Å². The molecular formula is C13H20N4. The minimum absolute atomic E-state index is 0.0438. The average molecular weight is 232 g/mol. The fourth-order valence-electron chi connectivity index (χ4n) is 1.71. The molecule has 4 nitrogen and oxygen atoms in total. The molecule has 0 bridgehead atoms. The van der Waals surface area contributed by atoms with Crippen molar-refractivity contribution in [3.8, 4) is 0 Å². The van der Waals surface area contributed by atoms with Crippen molar-refractivity contribution in [3.05, 3.63) is 41.7 Å². The molecule has 1 aliphatic rings. The van der Waals surface area contributed by atoms with Crippen LogP contribution >= 0.6 is 0 Å². The van der Waals surface area contributed by atoms with Crippen LogP contribution in [0.5, 0.6) is 0 Å². The lowest BCUT2D eigenvalue weighted by Gasteiger charge is -2.16. The number of nitrogens with two attached hydrogens (primary N) is 3. The summed E-state index contributed by atoms with van der Waals surface area (Å²) >= 11 is 0. The van der Waals surface area contributed by atoms with E-state index in [1.807, 2.05) is 31.2 Å². The Morgan fingerprint density at radius 3 is 2.41 bits per heavy atom. The van der Waals surface area contributed by atoms with E-state index in [1.165, 1.54) is 12.8 Å². The van der Waals surface area contributed by atoms with Crippen molar-refractivity contribution in [3.63, 3.8) is 0 Å². The van der Waals surface area contributed by atoms with Gasteiger partial charge in [0.05, 0.1) is 5.69 Å². The Bertz CT molecular complexity index is 404. The number of hydrogen-bond donors (Lipinski definition) is 3. The minimum atomic E-state index is 0.0438. The number of nitrogens with zero attached hydrogens (tertiary/aromatic N) is 1. The summed E-state index contributed by atoms with van der Waals surface area (Å²) < 4.78 is 0. The van der Waals surface area contributed by atoms with Crippen molar-refractivity contribution in [2.24, 2.45) is 23.2 Å². The van der Waals surface area contributed by atoms with Crippen LogP contribution in [0.4, 0.5) is 5.69 Å². The van der Waals surface area contributed by atoms with Crippen LogP contribution in [0.15, 0.2) is 36.2 Å². The molecule has 6 N–H and O–H groups in total. The Morgan fingerprint density at radius 2 is 1.94 bits per heavy atom. The standard InChI is InChI=1S/C13H20N4/c1-9(14)10-4-6-12(7-5-10)17(16)8-13(15)11-2-3-11/h4-9,11H,2-3,14-16H2,1H3/b13-8-. The smallest absolute Gasteiger partial charge is 0.0569 e. The van der Waals surface area contributed by atoms with Crippen LogP contribution in [0.2, 0.25) is 0 Å². The fraction of sp³-hybridized carbons (Fsp3) is 0.385. The summed E-state index contributed by atoms with van der Waals surface area (Å²) in [5.74, 6) is 6.47. The topological polar surface area (TPSA) is 81.3 Å². The van der Waals surface area contributed by atoms with Gasteiger partial charge in [0.25, 0.3) is 0 Å². The first-order valence-corrected chi connectivity index (χ1v) is 5.94. The van der Waals surface area contributed by atoms with Crippen LogP contribution in [0.25, 0.3) is 0 Å². The van der Waals surface area contributed by atoms with E-state index in [2.05, 4.69) is 0 Å². The molecule has 0 heterocycles. The number of anilines is 1. The first-order valence-electron chi connectivity index (χ1n) is 5.94. The van der Waals surface area contributed by atoms with Gasteiger partial charge in [-0.1, -0.05) is 12.1 Å². The van der Waals surface area contributed by atoms with Gasteiger partial charge in [0.2, 0.25) is 0 Å². The number of hydrazine groups is 1. The monoisotopic (exact) mass is 232 g/mol. The van der Waals surface area contributed by atoms with Gasteiger partial charge in [-0.15, -0.1) is 0 Å². The summed E-state index contributed by atoms with van der Waals surface area (Å²) in [6.07, 6.45) is 4.16. The number of rotatable bonds is 4. The summed E-state index contributed by atoms with van der Waals surface area (Å²) in [6.45, 7) is 1.96. The van der Waals surface area contributed by atoms with Gasteiger partial charge in [-0.3, -0.25) is 5.01 Å². The van der Waals surface area contributed by atoms with Crippen LogP contribution in [-0.4, -0.2) is 0 Å². The van der Waals surface area contributed by atoms with Crippen molar-refractivity contribution >= 4 is 5.69 Å². The van der Waals surface area contributed by atoms with Gasteiger partial charge in [0.15, 0.2) is 0 Å². The van der Waals surface area contributed by atoms with Crippen molar-refractivity contribution in [1.82, 2.24) is 0 Å². The summed E-state index contributed by atoms with van der Waals surface area (Å²) in [7, 11) is 0. The lowest BCUT2D eigenvalue weighted by atomic mass is 10.1. The third kappa shape index (κ3) is 2.99. The van der Waals surface area contributed by atoms with E-state index in [0.717, 1.165) is 16.9 Å². The Labute approximate surface area is 102 Å². The molecule has 0 aliphatic heterocycles. The van der Waals surface area contributed by atoms with Crippen molar-refractivity contribution in [2.75, 3.05) is 5.01 Å². The van der Waals surface area contributed by atoms with E-state index in [1.54, 1.807) is 11.2 Å². The molecule has 1 unspecified atom stereocenters. The van der Waals surface area contributed by atoms with Crippen molar-refractivity contribution in [1.29, 1.82) is 0 Å². The summed E-state index contributed by atoms with van der Waals surface area (Å²) in [6, 6.07) is 7.93. The molecule has 0 saturated heterocycles. The predicted molar refractivity (Wildman–Crippen MR) is 70.7 cm³/mol. The average Bonchev–Trinajstić information content (AvgIpc) is 3.12. The molecule has 0 amide bonds. The molecule has 17 heavy (non-hydrogen) atoms. The molecule has 2 rings (SSSR count). The minimum Gasteiger partial charge on any atom is -0.401 e. The molecule has 1 aromatic carbocycles. The molecule has 1 atom stereocenters. The third-order valence-corrected chi connectivity index (χ3v) is 3.05. The summed E-state index contributed by atoms with van der Waals surface area (Å²) in [4.78, 5) is 0. The highest BCUT2D eigenvalue weighted by Gasteiger charge is 2.24. The molecule has 0 radical (unpaired) electrons. The maximum absolute atomic E-state index is 5.93. The molecule has 92 valence electrons. The number of benzene rings is 1. The summed E-state index contributed by atoms with van der Waals surface area (Å²) in [5.41, 5.74) is 14.6. The number of allylic oxidation sites excluding steroid dienone is 1. The zero-order valence-corrected chi connectivity index (χ0v) is 10.1. The van der Waals surface area contributed by atoms with Crippen LogP contribution in [0, 0.1) is 5.92 Å². The van der Waals surface area contributed by atoms with Gasteiger partial charge in [-0.05, 0) is 37.5 Å². The van der Waals surface area contributed by atoms with E-state index in [9.17, 15) is 0 Å². The Morgan fingerprint density at radius 1 is 1.35 bits per heavy atom. The summed E-state index contributed by atoms with van der Waals surface area (Å²) in [5, 5.41) is 1.57. The second-order valence-electron chi connectivity index (χ2n) is 4.69. The SMILES string of the molecule is CC(N)c1ccc(N(N)/C=C(\N)C2CC2)cc1. The first kappa shape index (κ1) is 12.0. The molecule has 4 heteroatoms.